The Morgan fingerprint density at radius 1 is 0.967 bits per heavy atom. The maximum absolute atomic E-state index is 12.6. The van der Waals surface area contributed by atoms with Crippen LogP contribution in [0.5, 0.6) is 17.2 Å². The first-order valence-corrected chi connectivity index (χ1v) is 9.93. The van der Waals surface area contributed by atoms with Gasteiger partial charge in [-0.1, -0.05) is 18.2 Å². The van der Waals surface area contributed by atoms with Crippen molar-refractivity contribution in [3.8, 4) is 17.2 Å². The molecule has 2 aromatic rings. The third kappa shape index (κ3) is 6.99. The lowest BCUT2D eigenvalue weighted by Gasteiger charge is -2.15. The van der Waals surface area contributed by atoms with Crippen molar-refractivity contribution in [1.82, 2.24) is 10.6 Å². The van der Waals surface area contributed by atoms with Crippen LogP contribution in [0.15, 0.2) is 42.5 Å². The van der Waals surface area contributed by atoms with Gasteiger partial charge >= 0.3 is 0 Å². The van der Waals surface area contributed by atoms with Crippen molar-refractivity contribution in [2.75, 3.05) is 13.7 Å². The molecule has 0 saturated heterocycles. The Balaban J connectivity index is 2.02. The number of amides is 2. The standard InChI is InChI=1S/C23H30N2O5/c1-15(2)25-22(26)14-29-20-11-10-17(12-21(20)28-5)23(27)24-13-18-8-6-7-9-19(18)30-16(3)4/h6-12,15-16H,13-14H2,1-5H3,(H,24,27)(H,25,26). The van der Waals surface area contributed by atoms with Crippen molar-refractivity contribution in [3.05, 3.63) is 53.6 Å². The summed E-state index contributed by atoms with van der Waals surface area (Å²) in [5, 5.41) is 5.64. The highest BCUT2D eigenvalue weighted by Crippen LogP contribution is 2.28. The van der Waals surface area contributed by atoms with Crippen molar-refractivity contribution < 1.29 is 23.8 Å². The Hall–Kier alpha value is -3.22. The van der Waals surface area contributed by atoms with Gasteiger partial charge in [-0.2, -0.15) is 0 Å². The summed E-state index contributed by atoms with van der Waals surface area (Å²) in [5.74, 6) is 1.04. The van der Waals surface area contributed by atoms with E-state index in [1.54, 1.807) is 18.2 Å². The van der Waals surface area contributed by atoms with Crippen LogP contribution < -0.4 is 24.8 Å². The fourth-order valence-corrected chi connectivity index (χ4v) is 2.73. The van der Waals surface area contributed by atoms with Crippen LogP contribution in [-0.2, 0) is 11.3 Å². The minimum atomic E-state index is -0.253. The van der Waals surface area contributed by atoms with Crippen molar-refractivity contribution in [1.29, 1.82) is 0 Å². The summed E-state index contributed by atoms with van der Waals surface area (Å²) < 4.78 is 16.6. The SMILES string of the molecule is COc1cc(C(=O)NCc2ccccc2OC(C)C)ccc1OCC(=O)NC(C)C. The third-order valence-corrected chi connectivity index (χ3v) is 4.01. The maximum Gasteiger partial charge on any atom is 0.258 e. The average Bonchev–Trinajstić information content (AvgIpc) is 2.70. The molecule has 0 aliphatic heterocycles. The summed E-state index contributed by atoms with van der Waals surface area (Å²) >= 11 is 0. The molecule has 0 radical (unpaired) electrons. The van der Waals surface area contributed by atoms with Crippen molar-refractivity contribution in [2.45, 2.75) is 46.4 Å². The molecule has 0 atom stereocenters. The lowest BCUT2D eigenvalue weighted by Crippen LogP contribution is -2.34. The molecule has 2 amide bonds. The van der Waals surface area contributed by atoms with E-state index < -0.39 is 0 Å². The van der Waals surface area contributed by atoms with Gasteiger partial charge in [0, 0.05) is 23.7 Å². The number of methoxy groups -OCH3 is 1. The van der Waals surface area contributed by atoms with Crippen molar-refractivity contribution >= 4 is 11.8 Å². The van der Waals surface area contributed by atoms with Gasteiger partial charge < -0.3 is 24.8 Å². The van der Waals surface area contributed by atoms with Crippen LogP contribution in [0.1, 0.15) is 43.6 Å². The summed E-state index contributed by atoms with van der Waals surface area (Å²) in [7, 11) is 1.48. The van der Waals surface area contributed by atoms with Gasteiger partial charge in [0.15, 0.2) is 18.1 Å². The molecular weight excluding hydrogens is 384 g/mol. The number of hydrogen-bond acceptors (Lipinski definition) is 5. The lowest BCUT2D eigenvalue weighted by molar-refractivity contribution is -0.123. The van der Waals surface area contributed by atoms with E-state index in [4.69, 9.17) is 14.2 Å². The van der Waals surface area contributed by atoms with Gasteiger partial charge in [0.1, 0.15) is 5.75 Å². The monoisotopic (exact) mass is 414 g/mol. The van der Waals surface area contributed by atoms with Crippen LogP contribution in [0.4, 0.5) is 0 Å². The molecule has 0 aliphatic carbocycles. The normalized spacial score (nSPS) is 10.6. The Morgan fingerprint density at radius 3 is 2.37 bits per heavy atom. The Bertz CT molecular complexity index is 864. The molecule has 30 heavy (non-hydrogen) atoms. The molecule has 0 unspecified atom stereocenters. The number of ether oxygens (including phenoxy) is 3. The lowest BCUT2D eigenvalue weighted by atomic mass is 10.1. The first-order chi connectivity index (χ1) is 14.3. The molecule has 7 nitrogen and oxygen atoms in total. The van der Waals surface area contributed by atoms with Gasteiger partial charge in [0.2, 0.25) is 0 Å². The molecule has 0 fully saturated rings. The quantitative estimate of drug-likeness (QED) is 0.623. The average molecular weight is 415 g/mol. The predicted octanol–water partition coefficient (Wildman–Crippen LogP) is 3.32. The van der Waals surface area contributed by atoms with Crippen LogP contribution in [0.2, 0.25) is 0 Å². The molecule has 2 N–H and O–H groups in total. The minimum absolute atomic E-state index is 0.0325. The molecule has 0 bridgehead atoms. The van der Waals surface area contributed by atoms with Crippen LogP contribution in [0.25, 0.3) is 0 Å². The second kappa shape index (κ2) is 11.1. The van der Waals surface area contributed by atoms with E-state index in [2.05, 4.69) is 10.6 Å². The topological polar surface area (TPSA) is 85.9 Å². The summed E-state index contributed by atoms with van der Waals surface area (Å²) in [5.41, 5.74) is 1.32. The Labute approximate surface area is 177 Å². The van der Waals surface area contributed by atoms with Gasteiger partial charge in [-0.25, -0.2) is 0 Å². The molecule has 2 rings (SSSR count). The Morgan fingerprint density at radius 2 is 1.70 bits per heavy atom. The molecule has 0 aliphatic rings. The minimum Gasteiger partial charge on any atom is -0.493 e. The van der Waals surface area contributed by atoms with Gasteiger partial charge in [0.05, 0.1) is 13.2 Å². The zero-order valence-corrected chi connectivity index (χ0v) is 18.2. The van der Waals surface area contributed by atoms with Gasteiger partial charge in [-0.15, -0.1) is 0 Å². The van der Waals surface area contributed by atoms with E-state index in [1.165, 1.54) is 7.11 Å². The fourth-order valence-electron chi connectivity index (χ4n) is 2.73. The largest absolute Gasteiger partial charge is 0.493 e. The fraction of sp³-hybridized carbons (Fsp3) is 0.391. The van der Waals surface area contributed by atoms with E-state index in [1.807, 2.05) is 52.0 Å². The first-order valence-electron chi connectivity index (χ1n) is 9.93. The summed E-state index contributed by atoms with van der Waals surface area (Å²) in [6.45, 7) is 7.86. The molecule has 2 aromatic carbocycles. The molecule has 0 saturated carbocycles. The third-order valence-electron chi connectivity index (χ3n) is 4.01. The molecular formula is C23H30N2O5. The number of benzene rings is 2. The van der Waals surface area contributed by atoms with E-state index in [9.17, 15) is 9.59 Å². The van der Waals surface area contributed by atoms with Gasteiger partial charge in [0.25, 0.3) is 11.8 Å². The second-order valence-corrected chi connectivity index (χ2v) is 7.33. The van der Waals surface area contributed by atoms with E-state index in [0.29, 0.717) is 23.6 Å². The second-order valence-electron chi connectivity index (χ2n) is 7.33. The van der Waals surface area contributed by atoms with Crippen LogP contribution in [0, 0.1) is 0 Å². The summed E-state index contributed by atoms with van der Waals surface area (Å²) in [4.78, 5) is 24.4. The molecule has 0 spiro atoms. The predicted molar refractivity (Wildman–Crippen MR) is 115 cm³/mol. The highest BCUT2D eigenvalue weighted by atomic mass is 16.5. The van der Waals surface area contributed by atoms with Crippen molar-refractivity contribution in [2.24, 2.45) is 0 Å². The summed E-state index contributed by atoms with van der Waals surface area (Å²) in [6, 6.07) is 12.5. The van der Waals surface area contributed by atoms with E-state index >= 15 is 0 Å². The Kier molecular flexibility index (Phi) is 8.53. The molecule has 162 valence electrons. The highest BCUT2D eigenvalue weighted by molar-refractivity contribution is 5.94. The van der Waals surface area contributed by atoms with Crippen LogP contribution >= 0.6 is 0 Å². The van der Waals surface area contributed by atoms with Crippen molar-refractivity contribution in [3.63, 3.8) is 0 Å². The molecule has 0 aromatic heterocycles. The zero-order valence-electron chi connectivity index (χ0n) is 18.2. The van der Waals surface area contributed by atoms with Gasteiger partial charge in [-0.3, -0.25) is 9.59 Å². The van der Waals surface area contributed by atoms with Gasteiger partial charge in [-0.05, 0) is 52.0 Å². The number of rotatable bonds is 10. The molecule has 7 heteroatoms. The first kappa shape index (κ1) is 23.1. The highest BCUT2D eigenvalue weighted by Gasteiger charge is 2.14. The summed E-state index contributed by atoms with van der Waals surface area (Å²) in [6.07, 6.45) is 0.0428. The number of carbonyl (C=O) groups is 2. The smallest absolute Gasteiger partial charge is 0.258 e. The zero-order chi connectivity index (χ0) is 22.1. The number of hydrogen-bond donors (Lipinski definition) is 2. The number of para-hydroxylation sites is 1. The number of carbonyl (C=O) groups excluding carboxylic acids is 2. The van der Waals surface area contributed by atoms with Crippen LogP contribution in [-0.4, -0.2) is 37.7 Å². The maximum atomic E-state index is 12.6. The number of nitrogens with one attached hydrogen (secondary N) is 2. The molecule has 0 heterocycles. The van der Waals surface area contributed by atoms with Crippen LogP contribution in [0.3, 0.4) is 0 Å². The van der Waals surface area contributed by atoms with E-state index in [-0.39, 0.29) is 30.6 Å². The van der Waals surface area contributed by atoms with E-state index in [0.717, 1.165) is 11.3 Å².